The summed E-state index contributed by atoms with van der Waals surface area (Å²) in [6.45, 7) is 6.98. The van der Waals surface area contributed by atoms with Gasteiger partial charge in [0.1, 0.15) is 5.01 Å². The van der Waals surface area contributed by atoms with Crippen molar-refractivity contribution in [1.29, 1.82) is 0 Å². The highest BCUT2D eigenvalue weighted by Gasteiger charge is 2.32. The lowest BCUT2D eigenvalue weighted by molar-refractivity contribution is -0.0620. The van der Waals surface area contributed by atoms with Crippen molar-refractivity contribution in [3.8, 4) is 0 Å². The first-order chi connectivity index (χ1) is 8.18. The second-order valence-electron chi connectivity index (χ2n) is 4.77. The van der Waals surface area contributed by atoms with E-state index in [1.807, 2.05) is 11.6 Å². The van der Waals surface area contributed by atoms with Crippen LogP contribution in [0, 0.1) is 0 Å². The molecule has 0 bridgehead atoms. The van der Waals surface area contributed by atoms with Crippen molar-refractivity contribution >= 4 is 11.3 Å². The second kappa shape index (κ2) is 5.91. The Morgan fingerprint density at radius 2 is 2.47 bits per heavy atom. The molecular weight excluding hydrogens is 234 g/mol. The lowest BCUT2D eigenvalue weighted by Gasteiger charge is -2.38. The molecular formula is C12H21N3OS. The van der Waals surface area contributed by atoms with Crippen LogP contribution in [-0.2, 0) is 4.74 Å². The summed E-state index contributed by atoms with van der Waals surface area (Å²) in [5, 5.41) is 6.64. The third kappa shape index (κ3) is 3.25. The molecule has 0 radical (unpaired) electrons. The van der Waals surface area contributed by atoms with E-state index in [1.165, 1.54) is 0 Å². The molecule has 2 heterocycles. The Bertz CT molecular complexity index is 329. The van der Waals surface area contributed by atoms with Crippen LogP contribution >= 0.6 is 11.3 Å². The SMILES string of the molecule is CC(C)NCC1OCCN(C)C1c1nccs1. The van der Waals surface area contributed by atoms with E-state index in [-0.39, 0.29) is 12.1 Å². The molecule has 1 aromatic rings. The summed E-state index contributed by atoms with van der Waals surface area (Å²) in [7, 11) is 2.15. The smallest absolute Gasteiger partial charge is 0.112 e. The predicted molar refractivity (Wildman–Crippen MR) is 70.4 cm³/mol. The molecule has 1 aliphatic heterocycles. The molecule has 17 heavy (non-hydrogen) atoms. The maximum Gasteiger partial charge on any atom is 0.112 e. The van der Waals surface area contributed by atoms with Gasteiger partial charge in [0.2, 0.25) is 0 Å². The van der Waals surface area contributed by atoms with Gasteiger partial charge in [-0.25, -0.2) is 4.98 Å². The lowest BCUT2D eigenvalue weighted by Crippen LogP contribution is -2.48. The van der Waals surface area contributed by atoms with Crippen LogP contribution < -0.4 is 5.32 Å². The molecule has 0 spiro atoms. The number of aromatic nitrogens is 1. The van der Waals surface area contributed by atoms with E-state index >= 15 is 0 Å². The summed E-state index contributed by atoms with van der Waals surface area (Å²) < 4.78 is 5.90. The molecule has 1 N–H and O–H groups in total. The third-order valence-electron chi connectivity index (χ3n) is 3.03. The summed E-state index contributed by atoms with van der Waals surface area (Å²) in [5.41, 5.74) is 0. The van der Waals surface area contributed by atoms with Crippen LogP contribution in [0.3, 0.4) is 0 Å². The van der Waals surface area contributed by atoms with E-state index in [4.69, 9.17) is 4.74 Å². The Morgan fingerprint density at radius 1 is 1.65 bits per heavy atom. The Balaban J connectivity index is 2.06. The second-order valence-corrected chi connectivity index (χ2v) is 5.69. The molecule has 0 aliphatic carbocycles. The zero-order valence-corrected chi connectivity index (χ0v) is 11.5. The first-order valence-corrected chi connectivity index (χ1v) is 7.01. The quantitative estimate of drug-likeness (QED) is 0.885. The molecule has 2 unspecified atom stereocenters. The van der Waals surface area contributed by atoms with Gasteiger partial charge in [0, 0.05) is 30.7 Å². The molecule has 1 fully saturated rings. The van der Waals surface area contributed by atoms with Crippen molar-refractivity contribution in [1.82, 2.24) is 15.2 Å². The molecule has 1 saturated heterocycles. The van der Waals surface area contributed by atoms with E-state index in [1.54, 1.807) is 11.3 Å². The maximum atomic E-state index is 5.90. The first-order valence-electron chi connectivity index (χ1n) is 6.13. The topological polar surface area (TPSA) is 37.4 Å². The number of hydrogen-bond donors (Lipinski definition) is 1. The van der Waals surface area contributed by atoms with E-state index in [0.717, 1.165) is 24.7 Å². The van der Waals surface area contributed by atoms with Gasteiger partial charge in [0.15, 0.2) is 0 Å². The van der Waals surface area contributed by atoms with Gasteiger partial charge >= 0.3 is 0 Å². The van der Waals surface area contributed by atoms with Crippen LogP contribution in [0.5, 0.6) is 0 Å². The van der Waals surface area contributed by atoms with Gasteiger partial charge in [-0.3, -0.25) is 4.90 Å². The van der Waals surface area contributed by atoms with Crippen LogP contribution in [-0.4, -0.2) is 48.8 Å². The minimum atomic E-state index is 0.197. The summed E-state index contributed by atoms with van der Waals surface area (Å²) in [4.78, 5) is 6.78. The number of morpholine rings is 1. The van der Waals surface area contributed by atoms with Gasteiger partial charge in [0.05, 0.1) is 18.8 Å². The van der Waals surface area contributed by atoms with E-state index in [0.29, 0.717) is 6.04 Å². The number of likely N-dealkylation sites (N-methyl/N-ethyl adjacent to an activating group) is 1. The zero-order chi connectivity index (χ0) is 12.3. The molecule has 0 amide bonds. The van der Waals surface area contributed by atoms with E-state index < -0.39 is 0 Å². The average molecular weight is 255 g/mol. The monoisotopic (exact) mass is 255 g/mol. The van der Waals surface area contributed by atoms with Gasteiger partial charge in [-0.1, -0.05) is 13.8 Å². The molecule has 0 saturated carbocycles. The summed E-state index contributed by atoms with van der Waals surface area (Å²) in [6, 6.07) is 0.776. The third-order valence-corrected chi connectivity index (χ3v) is 3.88. The number of nitrogens with zero attached hydrogens (tertiary/aromatic N) is 2. The van der Waals surface area contributed by atoms with Crippen LogP contribution in [0.2, 0.25) is 0 Å². The minimum Gasteiger partial charge on any atom is -0.373 e. The molecule has 2 rings (SSSR count). The molecule has 4 nitrogen and oxygen atoms in total. The summed E-state index contributed by atoms with van der Waals surface area (Å²) in [5.74, 6) is 0. The van der Waals surface area contributed by atoms with Gasteiger partial charge in [-0.05, 0) is 7.05 Å². The Labute approximate surface area is 107 Å². The van der Waals surface area contributed by atoms with Gasteiger partial charge in [-0.15, -0.1) is 11.3 Å². The van der Waals surface area contributed by atoms with Crippen molar-refractivity contribution in [2.24, 2.45) is 0 Å². The molecule has 2 atom stereocenters. The number of hydrogen-bond acceptors (Lipinski definition) is 5. The van der Waals surface area contributed by atoms with Crippen molar-refractivity contribution < 1.29 is 4.74 Å². The Morgan fingerprint density at radius 3 is 3.12 bits per heavy atom. The predicted octanol–water partition coefficient (Wildman–Crippen LogP) is 1.51. The fourth-order valence-electron chi connectivity index (χ4n) is 2.11. The highest BCUT2D eigenvalue weighted by molar-refractivity contribution is 7.09. The van der Waals surface area contributed by atoms with Crippen LogP contribution in [0.1, 0.15) is 24.9 Å². The molecule has 1 aromatic heterocycles. The standard InChI is InChI=1S/C12H21N3OS/c1-9(2)14-8-10-11(12-13-4-7-17-12)15(3)5-6-16-10/h4,7,9-11,14H,5-6,8H2,1-3H3. The first kappa shape index (κ1) is 13.0. The number of ether oxygens (including phenoxy) is 1. The van der Waals surface area contributed by atoms with E-state index in [9.17, 15) is 0 Å². The summed E-state index contributed by atoms with van der Waals surface area (Å²) in [6.07, 6.45) is 2.07. The van der Waals surface area contributed by atoms with Crippen molar-refractivity contribution in [2.45, 2.75) is 32.0 Å². The van der Waals surface area contributed by atoms with Crippen LogP contribution in [0.4, 0.5) is 0 Å². The van der Waals surface area contributed by atoms with Crippen LogP contribution in [0.25, 0.3) is 0 Å². The van der Waals surface area contributed by atoms with E-state index in [2.05, 4.69) is 36.1 Å². The normalized spacial score (nSPS) is 26.6. The number of nitrogens with one attached hydrogen (secondary N) is 1. The fraction of sp³-hybridized carbons (Fsp3) is 0.750. The van der Waals surface area contributed by atoms with Crippen molar-refractivity contribution in [3.63, 3.8) is 0 Å². The number of thiazole rings is 1. The molecule has 1 aliphatic rings. The fourth-order valence-corrected chi connectivity index (χ4v) is 2.97. The van der Waals surface area contributed by atoms with Crippen molar-refractivity contribution in [3.05, 3.63) is 16.6 Å². The Hall–Kier alpha value is -0.490. The summed E-state index contributed by atoms with van der Waals surface area (Å²) >= 11 is 1.71. The van der Waals surface area contributed by atoms with Crippen molar-refractivity contribution in [2.75, 3.05) is 26.7 Å². The van der Waals surface area contributed by atoms with Gasteiger partial charge < -0.3 is 10.1 Å². The maximum absolute atomic E-state index is 5.90. The van der Waals surface area contributed by atoms with Gasteiger partial charge in [0.25, 0.3) is 0 Å². The highest BCUT2D eigenvalue weighted by Crippen LogP contribution is 2.29. The molecule has 96 valence electrons. The minimum absolute atomic E-state index is 0.197. The number of rotatable bonds is 4. The molecule has 5 heteroatoms. The average Bonchev–Trinajstić information content (AvgIpc) is 2.79. The van der Waals surface area contributed by atoms with Gasteiger partial charge in [-0.2, -0.15) is 0 Å². The lowest BCUT2D eigenvalue weighted by atomic mass is 10.1. The highest BCUT2D eigenvalue weighted by atomic mass is 32.1. The zero-order valence-electron chi connectivity index (χ0n) is 10.7. The largest absolute Gasteiger partial charge is 0.373 e. The Kier molecular flexibility index (Phi) is 4.50. The molecule has 0 aromatic carbocycles. The van der Waals surface area contributed by atoms with Crippen LogP contribution in [0.15, 0.2) is 11.6 Å².